The van der Waals surface area contributed by atoms with Gasteiger partial charge in [-0.3, -0.25) is 4.79 Å². The summed E-state index contributed by atoms with van der Waals surface area (Å²) < 4.78 is 5.22. The smallest absolute Gasteiger partial charge is 0.311 e. The number of hydrogen-bond acceptors (Lipinski definition) is 6. The Labute approximate surface area is 157 Å². The van der Waals surface area contributed by atoms with Gasteiger partial charge < -0.3 is 25.0 Å². The minimum atomic E-state index is -1.57. The third kappa shape index (κ3) is 6.05. The van der Waals surface area contributed by atoms with E-state index < -0.39 is 29.7 Å². The predicted molar refractivity (Wildman–Crippen MR) is 102 cm³/mol. The number of cyclic esters (lactones) is 1. The highest BCUT2D eigenvalue weighted by molar-refractivity contribution is 5.72. The summed E-state index contributed by atoms with van der Waals surface area (Å²) in [5.41, 5.74) is -0.414. The average Bonchev–Trinajstić information content (AvgIpc) is 2.55. The fourth-order valence-electron chi connectivity index (χ4n) is 3.68. The van der Waals surface area contributed by atoms with E-state index in [9.17, 15) is 20.1 Å². The molecule has 0 bridgehead atoms. The molecule has 0 fully saturated rings. The van der Waals surface area contributed by atoms with Crippen LogP contribution in [0.4, 0.5) is 0 Å². The molecule has 0 spiro atoms. The molecule has 3 N–H and O–H groups in total. The molecule has 0 radical (unpaired) electrons. The molecule has 0 aromatic heterocycles. The Morgan fingerprint density at radius 2 is 1.81 bits per heavy atom. The van der Waals surface area contributed by atoms with Crippen LogP contribution in [0.15, 0.2) is 11.6 Å². The molecule has 7 atom stereocenters. The van der Waals surface area contributed by atoms with Gasteiger partial charge in [0, 0.05) is 12.6 Å². The van der Waals surface area contributed by atoms with Gasteiger partial charge in [0.05, 0.1) is 12.0 Å². The summed E-state index contributed by atoms with van der Waals surface area (Å²) >= 11 is 0. The normalized spacial score (nSPS) is 44.4. The minimum absolute atomic E-state index is 0.0890. The zero-order valence-corrected chi connectivity index (χ0v) is 17.3. The molecule has 0 amide bonds. The van der Waals surface area contributed by atoms with Crippen molar-refractivity contribution in [3.8, 4) is 0 Å². The van der Waals surface area contributed by atoms with Crippen LogP contribution in [0.3, 0.4) is 0 Å². The van der Waals surface area contributed by atoms with Gasteiger partial charge in [-0.25, -0.2) is 0 Å². The number of allylic oxidation sites excluding steroid dienone is 1. The minimum Gasteiger partial charge on any atom is -0.462 e. The molecular weight excluding hydrogens is 334 g/mol. The molecule has 1 rings (SSSR count). The van der Waals surface area contributed by atoms with Crippen molar-refractivity contribution >= 4 is 5.97 Å². The summed E-state index contributed by atoms with van der Waals surface area (Å²) in [5, 5.41) is 31.7. The van der Waals surface area contributed by atoms with Crippen molar-refractivity contribution in [2.24, 2.45) is 17.8 Å². The lowest BCUT2D eigenvalue weighted by atomic mass is 9.88. The first-order valence-corrected chi connectivity index (χ1v) is 9.49. The van der Waals surface area contributed by atoms with Crippen LogP contribution >= 0.6 is 0 Å². The molecule has 1 heterocycles. The van der Waals surface area contributed by atoms with Crippen LogP contribution in [-0.4, -0.2) is 70.2 Å². The summed E-state index contributed by atoms with van der Waals surface area (Å²) in [6.45, 7) is 11.4. The Hall–Kier alpha value is -0.950. The van der Waals surface area contributed by atoms with Gasteiger partial charge in [0.15, 0.2) is 0 Å². The van der Waals surface area contributed by atoms with E-state index >= 15 is 0 Å². The molecule has 2 unspecified atom stereocenters. The second-order valence-corrected chi connectivity index (χ2v) is 8.54. The summed E-state index contributed by atoms with van der Waals surface area (Å²) in [5.74, 6) is -1.10. The molecule has 0 saturated heterocycles. The molecule has 6 heteroatoms. The predicted octanol–water partition coefficient (Wildman–Crippen LogP) is 1.58. The highest BCUT2D eigenvalue weighted by Crippen LogP contribution is 2.24. The maximum Gasteiger partial charge on any atom is 0.311 e. The summed E-state index contributed by atoms with van der Waals surface area (Å²) in [6, 6.07) is -0.313. The largest absolute Gasteiger partial charge is 0.462 e. The van der Waals surface area contributed by atoms with Gasteiger partial charge in [0.1, 0.15) is 18.3 Å². The average molecular weight is 372 g/mol. The molecule has 26 heavy (non-hydrogen) atoms. The monoisotopic (exact) mass is 371 g/mol. The van der Waals surface area contributed by atoms with Gasteiger partial charge in [-0.2, -0.15) is 0 Å². The number of ether oxygens (including phenoxy) is 1. The first kappa shape index (κ1) is 23.1. The summed E-state index contributed by atoms with van der Waals surface area (Å²) in [4.78, 5) is 14.3. The Balaban J connectivity index is 3.12. The maximum absolute atomic E-state index is 12.3. The van der Waals surface area contributed by atoms with Gasteiger partial charge >= 0.3 is 5.97 Å². The Morgan fingerprint density at radius 1 is 1.23 bits per heavy atom. The van der Waals surface area contributed by atoms with Crippen molar-refractivity contribution in [3.05, 3.63) is 11.6 Å². The second kappa shape index (κ2) is 9.31. The Morgan fingerprint density at radius 3 is 2.38 bits per heavy atom. The first-order chi connectivity index (χ1) is 11.9. The molecule has 0 aliphatic carbocycles. The number of nitrogens with zero attached hydrogens (tertiary/aromatic N) is 1. The maximum atomic E-state index is 12.3. The van der Waals surface area contributed by atoms with Crippen LogP contribution < -0.4 is 0 Å². The standard InChI is InChI=1S/C20H37NO5/c1-12-8-13(2)10-21(7)16(5)18(23)20(6,25)11-26-19(24)15(4)17(22)14(3)9-12/h8,13-18,22-23,25H,9-11H2,1-7H3/b12-8+/t13-,14-,15?,16-,17?,18-,20-/m1/s1. The molecular formula is C20H37NO5. The lowest BCUT2D eigenvalue weighted by Gasteiger charge is -2.37. The van der Waals surface area contributed by atoms with Crippen molar-refractivity contribution in [1.82, 2.24) is 4.90 Å². The molecule has 6 nitrogen and oxygen atoms in total. The van der Waals surface area contributed by atoms with Gasteiger partial charge in [-0.1, -0.05) is 25.5 Å². The number of rotatable bonds is 0. The van der Waals surface area contributed by atoms with Crippen molar-refractivity contribution < 1.29 is 24.9 Å². The summed E-state index contributed by atoms with van der Waals surface area (Å²) in [7, 11) is 1.90. The zero-order chi connectivity index (χ0) is 20.2. The molecule has 0 saturated carbocycles. The van der Waals surface area contributed by atoms with Crippen LogP contribution in [0.1, 0.15) is 48.0 Å². The van der Waals surface area contributed by atoms with Crippen LogP contribution in [0.2, 0.25) is 0 Å². The molecule has 0 aromatic rings. The lowest BCUT2D eigenvalue weighted by molar-refractivity contribution is -0.170. The highest BCUT2D eigenvalue weighted by Gasteiger charge is 2.38. The van der Waals surface area contributed by atoms with E-state index in [1.54, 1.807) is 6.92 Å². The lowest BCUT2D eigenvalue weighted by Crippen LogP contribution is -2.55. The van der Waals surface area contributed by atoms with E-state index in [0.29, 0.717) is 6.42 Å². The first-order valence-electron chi connectivity index (χ1n) is 9.49. The zero-order valence-electron chi connectivity index (χ0n) is 17.3. The highest BCUT2D eigenvalue weighted by atomic mass is 16.5. The topological polar surface area (TPSA) is 90.2 Å². The quantitative estimate of drug-likeness (QED) is 0.442. The van der Waals surface area contributed by atoms with Crippen molar-refractivity contribution in [3.63, 3.8) is 0 Å². The van der Waals surface area contributed by atoms with Gasteiger partial charge in [0.2, 0.25) is 0 Å². The fraction of sp³-hybridized carbons (Fsp3) is 0.850. The van der Waals surface area contributed by atoms with E-state index in [2.05, 4.69) is 13.0 Å². The van der Waals surface area contributed by atoms with Crippen LogP contribution in [0.5, 0.6) is 0 Å². The number of aliphatic hydroxyl groups excluding tert-OH is 2. The molecule has 152 valence electrons. The molecule has 0 aromatic carbocycles. The van der Waals surface area contributed by atoms with E-state index in [1.165, 1.54) is 6.92 Å². The summed E-state index contributed by atoms with van der Waals surface area (Å²) in [6.07, 6.45) is 0.951. The van der Waals surface area contributed by atoms with E-state index in [0.717, 1.165) is 12.1 Å². The van der Waals surface area contributed by atoms with Crippen molar-refractivity contribution in [2.45, 2.75) is 71.8 Å². The van der Waals surface area contributed by atoms with Gasteiger partial charge in [0.25, 0.3) is 0 Å². The Bertz CT molecular complexity index is 504. The van der Waals surface area contributed by atoms with Gasteiger partial charge in [-0.05, 0) is 53.0 Å². The third-order valence-corrected chi connectivity index (χ3v) is 5.55. The number of hydrogen-bond donors (Lipinski definition) is 3. The SMILES string of the molecule is C/C1=C\[C@@H](C)CN(C)[C@H](C)[C@@H](O)[C@](C)(O)COC(=O)C(C)C(O)[C@H](C)C1. The number of carbonyl (C=O) groups excluding carboxylic acids is 1. The van der Waals surface area contributed by atoms with E-state index in [-0.39, 0.29) is 24.5 Å². The Kier molecular flexibility index (Phi) is 8.27. The van der Waals surface area contributed by atoms with Crippen LogP contribution in [-0.2, 0) is 9.53 Å². The van der Waals surface area contributed by atoms with Crippen molar-refractivity contribution in [2.75, 3.05) is 20.2 Å². The van der Waals surface area contributed by atoms with E-state index in [1.807, 2.05) is 32.7 Å². The number of aliphatic hydroxyl groups is 3. The van der Waals surface area contributed by atoms with Crippen LogP contribution in [0.25, 0.3) is 0 Å². The van der Waals surface area contributed by atoms with Gasteiger partial charge in [-0.15, -0.1) is 0 Å². The number of carbonyl (C=O) groups is 1. The van der Waals surface area contributed by atoms with E-state index in [4.69, 9.17) is 4.74 Å². The fourth-order valence-corrected chi connectivity index (χ4v) is 3.68. The molecule has 1 aliphatic rings. The van der Waals surface area contributed by atoms with Crippen LogP contribution in [0, 0.1) is 17.8 Å². The number of esters is 1. The third-order valence-electron chi connectivity index (χ3n) is 5.55. The number of likely N-dealkylation sites (N-methyl/N-ethyl adjacent to an activating group) is 1. The molecule has 1 aliphatic heterocycles. The second-order valence-electron chi connectivity index (χ2n) is 8.54. The van der Waals surface area contributed by atoms with Crippen molar-refractivity contribution in [1.29, 1.82) is 0 Å².